The van der Waals surface area contributed by atoms with E-state index in [0.717, 1.165) is 19.3 Å². The lowest BCUT2D eigenvalue weighted by atomic mass is 10.1. The molecule has 0 bridgehead atoms. The topological polar surface area (TPSA) is 122 Å². The van der Waals surface area contributed by atoms with Gasteiger partial charge in [0.25, 0.3) is 0 Å². The summed E-state index contributed by atoms with van der Waals surface area (Å²) in [6.45, 7) is 4.71. The Kier molecular flexibility index (Phi) is 13.3. The van der Waals surface area contributed by atoms with E-state index in [2.05, 4.69) is 6.92 Å². The van der Waals surface area contributed by atoms with E-state index in [1.165, 1.54) is 56.7 Å². The van der Waals surface area contributed by atoms with Crippen LogP contribution in [0.2, 0.25) is 0 Å². The van der Waals surface area contributed by atoms with Crippen LogP contribution in [0.5, 0.6) is 23.0 Å². The molecule has 2 atom stereocenters. The number of carbonyl (C=O) groups is 3. The Morgan fingerprint density at radius 3 is 1.60 bits per heavy atom. The summed E-state index contributed by atoms with van der Waals surface area (Å²) in [5.41, 5.74) is 0.540. The van der Waals surface area contributed by atoms with Crippen LogP contribution >= 0.6 is 0 Å². The number of rotatable bonds is 21. The first-order valence-corrected chi connectivity index (χ1v) is 16.9. The van der Waals surface area contributed by atoms with E-state index in [-0.39, 0.29) is 41.4 Å². The van der Waals surface area contributed by atoms with E-state index in [4.69, 9.17) is 33.2 Å². The molecule has 10 heteroatoms. The average Bonchev–Trinajstić information content (AvgIpc) is 4.04. The summed E-state index contributed by atoms with van der Waals surface area (Å²) in [5.74, 6) is -0.667. The molecule has 0 saturated carbocycles. The minimum atomic E-state index is -0.678. The molecule has 2 saturated heterocycles. The summed E-state index contributed by atoms with van der Waals surface area (Å²) in [5, 5.41) is 0. The fourth-order valence-electron chi connectivity index (χ4n) is 4.88. The van der Waals surface area contributed by atoms with Gasteiger partial charge in [-0.15, -0.1) is 0 Å². The average molecular weight is 661 g/mol. The van der Waals surface area contributed by atoms with Crippen molar-refractivity contribution in [2.45, 2.75) is 76.9 Å². The fourth-order valence-corrected chi connectivity index (χ4v) is 4.88. The van der Waals surface area contributed by atoms with Gasteiger partial charge in [-0.1, -0.05) is 58.3 Å². The van der Waals surface area contributed by atoms with Gasteiger partial charge in [-0.25, -0.2) is 14.4 Å². The predicted molar refractivity (Wildman–Crippen MR) is 177 cm³/mol. The van der Waals surface area contributed by atoms with Gasteiger partial charge < -0.3 is 33.2 Å². The van der Waals surface area contributed by atoms with Gasteiger partial charge in [0, 0.05) is 0 Å². The molecule has 2 fully saturated rings. The highest BCUT2D eigenvalue weighted by molar-refractivity contribution is 5.97. The molecule has 48 heavy (non-hydrogen) atoms. The summed E-state index contributed by atoms with van der Waals surface area (Å²) < 4.78 is 38.3. The summed E-state index contributed by atoms with van der Waals surface area (Å²) in [6.07, 6.45) is 10.4. The molecule has 0 aliphatic carbocycles. The minimum absolute atomic E-state index is 0.00997. The number of carbonyl (C=O) groups excluding carboxylic acids is 3. The van der Waals surface area contributed by atoms with Gasteiger partial charge in [0.15, 0.2) is 0 Å². The smallest absolute Gasteiger partial charge is 0.343 e. The molecule has 10 nitrogen and oxygen atoms in total. The van der Waals surface area contributed by atoms with Gasteiger partial charge in [-0.3, -0.25) is 0 Å². The molecule has 3 aromatic rings. The van der Waals surface area contributed by atoms with E-state index in [0.29, 0.717) is 43.5 Å². The molecule has 3 aromatic carbocycles. The van der Waals surface area contributed by atoms with Crippen molar-refractivity contribution in [2.24, 2.45) is 0 Å². The first kappa shape index (κ1) is 34.9. The molecule has 2 unspecified atom stereocenters. The Bertz CT molecular complexity index is 1480. The number of hydrogen-bond acceptors (Lipinski definition) is 10. The Balaban J connectivity index is 1.19. The van der Waals surface area contributed by atoms with E-state index in [1.807, 2.05) is 0 Å². The monoisotopic (exact) mass is 660 g/mol. The quantitative estimate of drug-likeness (QED) is 0.0495. The van der Waals surface area contributed by atoms with Crippen molar-refractivity contribution in [2.75, 3.05) is 33.0 Å². The van der Waals surface area contributed by atoms with Crippen molar-refractivity contribution in [3.8, 4) is 23.0 Å². The number of benzene rings is 3. The molecule has 0 N–H and O–H groups in total. The van der Waals surface area contributed by atoms with Gasteiger partial charge in [0.05, 0.1) is 30.9 Å². The van der Waals surface area contributed by atoms with Gasteiger partial charge in [0.1, 0.15) is 54.0 Å². The van der Waals surface area contributed by atoms with Crippen molar-refractivity contribution in [1.29, 1.82) is 0 Å². The van der Waals surface area contributed by atoms with E-state index in [9.17, 15) is 14.4 Å². The molecule has 2 heterocycles. The van der Waals surface area contributed by atoms with Crippen molar-refractivity contribution < 1.29 is 47.5 Å². The first-order chi connectivity index (χ1) is 23.5. The lowest BCUT2D eigenvalue weighted by Gasteiger charge is -2.13. The second-order valence-corrected chi connectivity index (χ2v) is 12.0. The second-order valence-electron chi connectivity index (χ2n) is 12.0. The Morgan fingerprint density at radius 1 is 0.604 bits per heavy atom. The van der Waals surface area contributed by atoms with Crippen LogP contribution in [0.25, 0.3) is 0 Å². The van der Waals surface area contributed by atoms with Crippen LogP contribution in [0.3, 0.4) is 0 Å². The molecule has 0 spiro atoms. The third-order valence-electron chi connectivity index (χ3n) is 7.92. The maximum atomic E-state index is 13.3. The van der Waals surface area contributed by atoms with Gasteiger partial charge in [-0.2, -0.15) is 0 Å². The highest BCUT2D eigenvalue weighted by Gasteiger charge is 2.24. The highest BCUT2D eigenvalue weighted by atomic mass is 16.6. The van der Waals surface area contributed by atoms with E-state index < -0.39 is 17.9 Å². The van der Waals surface area contributed by atoms with E-state index in [1.54, 1.807) is 48.5 Å². The van der Waals surface area contributed by atoms with Gasteiger partial charge in [0.2, 0.25) is 0 Å². The largest absolute Gasteiger partial charge is 0.491 e. The molecular weight excluding hydrogens is 616 g/mol. The SMILES string of the molecule is CCCCCCCCCCCOC(=O)c1cc(OC(=O)c2ccc(OCC3CO3)cc2)ccc1OC(=O)c1ccc(OCC2CO2)cc1. The summed E-state index contributed by atoms with van der Waals surface area (Å²) in [7, 11) is 0. The van der Waals surface area contributed by atoms with Crippen LogP contribution in [0, 0.1) is 0 Å². The zero-order valence-corrected chi connectivity index (χ0v) is 27.5. The number of ether oxygens (including phenoxy) is 7. The van der Waals surface area contributed by atoms with Crippen LogP contribution in [0.15, 0.2) is 66.7 Å². The van der Waals surface area contributed by atoms with Gasteiger partial charge >= 0.3 is 17.9 Å². The van der Waals surface area contributed by atoms with Crippen LogP contribution < -0.4 is 18.9 Å². The number of esters is 3. The zero-order chi connectivity index (χ0) is 33.6. The maximum Gasteiger partial charge on any atom is 0.343 e. The van der Waals surface area contributed by atoms with Gasteiger partial charge in [-0.05, 0) is 73.2 Å². The highest BCUT2D eigenvalue weighted by Crippen LogP contribution is 2.28. The molecule has 0 aromatic heterocycles. The molecule has 2 aliphatic heterocycles. The molecule has 5 rings (SSSR count). The molecule has 0 amide bonds. The van der Waals surface area contributed by atoms with Crippen molar-refractivity contribution >= 4 is 17.9 Å². The third kappa shape index (κ3) is 11.7. The Hall–Kier alpha value is -4.41. The molecule has 2 aliphatic rings. The fraction of sp³-hybridized carbons (Fsp3) is 0.447. The molecule has 256 valence electrons. The second kappa shape index (κ2) is 18.2. The minimum Gasteiger partial charge on any atom is -0.491 e. The van der Waals surface area contributed by atoms with Crippen LogP contribution in [-0.4, -0.2) is 63.2 Å². The normalized spacial score (nSPS) is 16.1. The molecular formula is C38H44O10. The lowest BCUT2D eigenvalue weighted by molar-refractivity contribution is 0.0490. The van der Waals surface area contributed by atoms with E-state index >= 15 is 0 Å². The van der Waals surface area contributed by atoms with Crippen LogP contribution in [0.4, 0.5) is 0 Å². The number of hydrogen-bond donors (Lipinski definition) is 0. The number of unbranched alkanes of at least 4 members (excludes halogenated alkanes) is 8. The maximum absolute atomic E-state index is 13.3. The van der Waals surface area contributed by atoms with Crippen molar-refractivity contribution in [3.05, 3.63) is 83.4 Å². The molecule has 0 radical (unpaired) electrons. The first-order valence-electron chi connectivity index (χ1n) is 16.9. The van der Waals surface area contributed by atoms with Crippen molar-refractivity contribution in [3.63, 3.8) is 0 Å². The standard InChI is InChI=1S/C38H44O10/c1-2-3-4-5-6-7-8-9-10-21-42-38(41)34-22-31(47-36(39)27-11-15-29(16-12-27)43-23-32-25-45-32)19-20-35(34)48-37(40)28-13-17-30(18-14-28)44-24-33-26-46-33/h11-20,22,32-33H,2-10,21,23-26H2,1H3. The third-order valence-corrected chi connectivity index (χ3v) is 7.92. The van der Waals surface area contributed by atoms with Crippen LogP contribution in [0.1, 0.15) is 95.8 Å². The summed E-state index contributed by atoms with van der Waals surface area (Å²) >= 11 is 0. The Labute approximate surface area is 281 Å². The summed E-state index contributed by atoms with van der Waals surface area (Å²) in [4.78, 5) is 39.2. The van der Waals surface area contributed by atoms with Crippen molar-refractivity contribution in [1.82, 2.24) is 0 Å². The number of epoxide rings is 2. The summed E-state index contributed by atoms with van der Waals surface area (Å²) in [6, 6.07) is 17.3. The predicted octanol–water partition coefficient (Wildman–Crippen LogP) is 7.37. The Morgan fingerprint density at radius 2 is 1.08 bits per heavy atom. The van der Waals surface area contributed by atoms with Crippen LogP contribution in [-0.2, 0) is 14.2 Å². The zero-order valence-electron chi connectivity index (χ0n) is 27.5. The lowest BCUT2D eigenvalue weighted by Crippen LogP contribution is -2.15.